The van der Waals surface area contributed by atoms with Crippen molar-refractivity contribution in [1.82, 2.24) is 4.90 Å². The van der Waals surface area contributed by atoms with Crippen LogP contribution in [-0.4, -0.2) is 87.5 Å². The van der Waals surface area contributed by atoms with Crippen LogP contribution in [-0.2, 0) is 42.9 Å². The number of carbonyl (C=O) groups excluding carboxylic acids is 4. The molecule has 0 aromatic heterocycles. The van der Waals surface area contributed by atoms with Gasteiger partial charge in [0.2, 0.25) is 5.91 Å². The summed E-state index contributed by atoms with van der Waals surface area (Å²) in [5, 5.41) is 0. The zero-order valence-corrected chi connectivity index (χ0v) is 16.7. The maximum Gasteiger partial charge on any atom is 0.303 e. The molecule has 0 aromatic carbocycles. The van der Waals surface area contributed by atoms with Gasteiger partial charge < -0.3 is 28.6 Å². The third kappa shape index (κ3) is 8.83. The van der Waals surface area contributed by atoms with Crippen molar-refractivity contribution >= 4 is 23.8 Å². The van der Waals surface area contributed by atoms with E-state index in [0.717, 1.165) is 18.7 Å². The van der Waals surface area contributed by atoms with Crippen molar-refractivity contribution < 1.29 is 44.2 Å². The van der Waals surface area contributed by atoms with Crippen molar-refractivity contribution in [2.75, 3.05) is 34.5 Å². The zero-order valence-electron chi connectivity index (χ0n) is 17.7. The lowest BCUT2D eigenvalue weighted by molar-refractivity contribution is -0.189. The Bertz CT molecular complexity index is 557. The predicted octanol–water partition coefficient (Wildman–Crippen LogP) is -0.0788. The van der Waals surface area contributed by atoms with Crippen LogP contribution in [0.15, 0.2) is 0 Å². The van der Waals surface area contributed by atoms with Crippen LogP contribution < -0.4 is 0 Å². The monoisotopic (exact) mass is 392 g/mol. The van der Waals surface area contributed by atoms with Crippen LogP contribution in [0, 0.1) is 0 Å². The second-order valence-electron chi connectivity index (χ2n) is 5.74. The molecule has 27 heavy (non-hydrogen) atoms. The highest BCUT2D eigenvalue weighted by Crippen LogP contribution is 2.20. The van der Waals surface area contributed by atoms with Gasteiger partial charge in [0.05, 0.1) is 14.0 Å². The van der Waals surface area contributed by atoms with Crippen molar-refractivity contribution in [3.63, 3.8) is 0 Å². The first-order valence-corrected chi connectivity index (χ1v) is 8.15. The molecule has 5 atom stereocenters. The molecule has 0 aliphatic rings. The zero-order chi connectivity index (χ0) is 22.0. The molecule has 0 bridgehead atoms. The summed E-state index contributed by atoms with van der Waals surface area (Å²) in [7, 11) is 4.00. The molecule has 0 rings (SSSR count). The fraction of sp³-hybridized carbons (Fsp3) is 0.765. The Balaban J connectivity index is 6.17. The molecule has 156 valence electrons. The van der Waals surface area contributed by atoms with E-state index in [9.17, 15) is 19.2 Å². The number of methoxy groups -OCH3 is 2. The third-order valence-corrected chi connectivity index (χ3v) is 3.57. The number of nitrogens with zero attached hydrogens (tertiary/aromatic N) is 1. The van der Waals surface area contributed by atoms with Gasteiger partial charge in [-0.3, -0.25) is 19.2 Å². The molecule has 0 fully saturated rings. The number of amides is 1. The fourth-order valence-corrected chi connectivity index (χ4v) is 2.35. The SMILES string of the molecule is [2H]C(OC(C)=O)C(C(OC)C(OC(C)=O)C(COC)OC(C)=O)N(C)C(C)=O. The van der Waals surface area contributed by atoms with Gasteiger partial charge in [-0.15, -0.1) is 0 Å². The first kappa shape index (κ1) is 22.8. The Morgan fingerprint density at radius 3 is 1.85 bits per heavy atom. The number of rotatable bonds is 11. The molecule has 1 amide bonds. The summed E-state index contributed by atoms with van der Waals surface area (Å²) >= 11 is 0. The molecular formula is C17H29NO9. The maximum atomic E-state index is 11.9. The van der Waals surface area contributed by atoms with Gasteiger partial charge in [-0.2, -0.15) is 0 Å². The highest BCUT2D eigenvalue weighted by molar-refractivity contribution is 5.73. The quantitative estimate of drug-likeness (QED) is 0.351. The van der Waals surface area contributed by atoms with Gasteiger partial charge in [-0.05, 0) is 0 Å². The number of ether oxygens (including phenoxy) is 5. The van der Waals surface area contributed by atoms with E-state index in [1.165, 1.54) is 35.1 Å². The van der Waals surface area contributed by atoms with Crippen LogP contribution in [0.2, 0.25) is 0 Å². The van der Waals surface area contributed by atoms with E-state index in [1.807, 2.05) is 0 Å². The third-order valence-electron chi connectivity index (χ3n) is 3.57. The molecule has 0 N–H and O–H groups in total. The molecule has 5 unspecified atom stereocenters. The van der Waals surface area contributed by atoms with Gasteiger partial charge in [-0.25, -0.2) is 0 Å². The van der Waals surface area contributed by atoms with Crippen LogP contribution in [0.4, 0.5) is 0 Å². The van der Waals surface area contributed by atoms with Crippen LogP contribution in [0.3, 0.4) is 0 Å². The molecule has 0 aromatic rings. The van der Waals surface area contributed by atoms with E-state index in [1.54, 1.807) is 0 Å². The molecule has 0 aliphatic heterocycles. The van der Waals surface area contributed by atoms with Crippen molar-refractivity contribution in [2.45, 2.75) is 52.0 Å². The van der Waals surface area contributed by atoms with Crippen molar-refractivity contribution in [1.29, 1.82) is 0 Å². The average Bonchev–Trinajstić information content (AvgIpc) is 2.55. The number of hydrogen-bond acceptors (Lipinski definition) is 9. The van der Waals surface area contributed by atoms with Gasteiger partial charge >= 0.3 is 17.9 Å². The Hall–Kier alpha value is -2.20. The van der Waals surface area contributed by atoms with Gasteiger partial charge in [0.15, 0.2) is 12.2 Å². The van der Waals surface area contributed by atoms with Gasteiger partial charge in [-0.1, -0.05) is 0 Å². The second kappa shape index (κ2) is 12.2. The van der Waals surface area contributed by atoms with E-state index >= 15 is 0 Å². The number of likely N-dealkylation sites (N-methyl/N-ethyl adjacent to an activating group) is 1. The van der Waals surface area contributed by atoms with E-state index in [0.29, 0.717) is 0 Å². The first-order valence-electron chi connectivity index (χ1n) is 8.72. The molecule has 0 aliphatic carbocycles. The summed E-state index contributed by atoms with van der Waals surface area (Å²) in [5.74, 6) is -2.56. The predicted molar refractivity (Wildman–Crippen MR) is 92.6 cm³/mol. The Morgan fingerprint density at radius 1 is 0.926 bits per heavy atom. The molecular weight excluding hydrogens is 362 g/mol. The van der Waals surface area contributed by atoms with E-state index in [-0.39, 0.29) is 6.61 Å². The summed E-state index contributed by atoms with van der Waals surface area (Å²) < 4.78 is 34.1. The van der Waals surface area contributed by atoms with Gasteiger partial charge in [0.25, 0.3) is 0 Å². The lowest BCUT2D eigenvalue weighted by Crippen LogP contribution is -2.57. The van der Waals surface area contributed by atoms with Crippen molar-refractivity contribution in [3.05, 3.63) is 0 Å². The molecule has 10 nitrogen and oxygen atoms in total. The Kier molecular flexibility index (Phi) is 10.3. The Labute approximate surface area is 160 Å². The second-order valence-corrected chi connectivity index (χ2v) is 5.74. The molecule has 10 heteroatoms. The molecule has 0 saturated heterocycles. The molecule has 0 heterocycles. The molecule has 0 radical (unpaired) electrons. The minimum absolute atomic E-state index is 0.149. The number of hydrogen-bond donors (Lipinski definition) is 0. The Morgan fingerprint density at radius 2 is 1.48 bits per heavy atom. The summed E-state index contributed by atoms with van der Waals surface area (Å²) in [4.78, 5) is 47.6. The topological polar surface area (TPSA) is 118 Å². The van der Waals surface area contributed by atoms with E-state index in [2.05, 4.69) is 0 Å². The normalized spacial score (nSPS) is 16.8. The average molecular weight is 392 g/mol. The van der Waals surface area contributed by atoms with Crippen LogP contribution in [0.1, 0.15) is 29.1 Å². The largest absolute Gasteiger partial charge is 0.464 e. The van der Waals surface area contributed by atoms with E-state index in [4.69, 9.17) is 25.1 Å². The first-order chi connectivity index (χ1) is 13.0. The highest BCUT2D eigenvalue weighted by Gasteiger charge is 2.42. The summed E-state index contributed by atoms with van der Waals surface area (Å²) in [6.45, 7) is 2.97. The maximum absolute atomic E-state index is 11.9. The number of esters is 3. The van der Waals surface area contributed by atoms with Crippen LogP contribution in [0.5, 0.6) is 0 Å². The van der Waals surface area contributed by atoms with Crippen LogP contribution >= 0.6 is 0 Å². The van der Waals surface area contributed by atoms with Crippen molar-refractivity contribution in [3.8, 4) is 0 Å². The lowest BCUT2D eigenvalue weighted by atomic mass is 9.99. The highest BCUT2D eigenvalue weighted by atomic mass is 16.6. The van der Waals surface area contributed by atoms with E-state index < -0.39 is 54.8 Å². The smallest absolute Gasteiger partial charge is 0.303 e. The van der Waals surface area contributed by atoms with Gasteiger partial charge in [0, 0.05) is 49.0 Å². The standard InChI is InChI=1S/C17H29NO9/c1-10(19)18(5)14(8-25-11(2)20)16(24-7)17(27-13(4)22)15(9-23-6)26-12(3)21/h14-17H,8-9H2,1-7H3/i8D. The van der Waals surface area contributed by atoms with Crippen molar-refractivity contribution in [2.24, 2.45) is 0 Å². The summed E-state index contributed by atoms with van der Waals surface area (Å²) in [6, 6.07) is -1.18. The minimum atomic E-state index is -1.56. The lowest BCUT2D eigenvalue weighted by Gasteiger charge is -2.38. The summed E-state index contributed by atoms with van der Waals surface area (Å²) in [6.07, 6.45) is -3.52. The molecule has 0 spiro atoms. The minimum Gasteiger partial charge on any atom is -0.464 e. The van der Waals surface area contributed by atoms with Crippen LogP contribution in [0.25, 0.3) is 0 Å². The molecule has 0 saturated carbocycles. The summed E-state index contributed by atoms with van der Waals surface area (Å²) in [5.41, 5.74) is 0. The van der Waals surface area contributed by atoms with Gasteiger partial charge in [0.1, 0.15) is 12.7 Å². The fourth-order valence-electron chi connectivity index (χ4n) is 2.35. The number of carbonyl (C=O) groups is 4.